The average Bonchev–Trinajstić information content (AvgIpc) is 1.83. The van der Waals surface area contributed by atoms with Crippen molar-refractivity contribution in [1.29, 1.82) is 0 Å². The molecule has 3 atom stereocenters. The van der Waals surface area contributed by atoms with Crippen molar-refractivity contribution in [2.75, 3.05) is 0 Å². The van der Waals surface area contributed by atoms with Gasteiger partial charge in [-0.1, -0.05) is 13.3 Å². The molecule has 0 bridgehead atoms. The molecule has 1 fully saturated rings. The van der Waals surface area contributed by atoms with E-state index in [1.165, 1.54) is 0 Å². The first-order chi connectivity index (χ1) is 4.22. The van der Waals surface area contributed by atoms with Gasteiger partial charge < -0.3 is 5.73 Å². The molecule has 2 N–H and O–H groups in total. The summed E-state index contributed by atoms with van der Waals surface area (Å²) in [7, 11) is 0. The van der Waals surface area contributed by atoms with Crippen LogP contribution in [0.25, 0.3) is 0 Å². The third-order valence-electron chi connectivity index (χ3n) is 2.15. The van der Waals surface area contributed by atoms with Gasteiger partial charge in [0.1, 0.15) is 6.17 Å². The van der Waals surface area contributed by atoms with Crippen molar-refractivity contribution in [1.82, 2.24) is 0 Å². The molecule has 1 saturated carbocycles. The fraction of sp³-hybridized carbons (Fsp3) is 1.00. The Morgan fingerprint density at radius 3 is 2.56 bits per heavy atom. The van der Waals surface area contributed by atoms with Crippen LogP contribution in [0, 0.1) is 5.92 Å². The number of rotatable bonds is 0. The molecule has 0 spiro atoms. The highest BCUT2D eigenvalue weighted by Gasteiger charge is 2.27. The first-order valence-corrected chi connectivity index (χ1v) is 3.61. The fourth-order valence-electron chi connectivity index (χ4n) is 1.42. The van der Waals surface area contributed by atoms with Crippen LogP contribution in [-0.4, -0.2) is 12.2 Å². The van der Waals surface area contributed by atoms with Crippen molar-refractivity contribution < 1.29 is 4.39 Å². The van der Waals surface area contributed by atoms with Crippen LogP contribution in [0.3, 0.4) is 0 Å². The minimum absolute atomic E-state index is 0.186. The molecule has 0 radical (unpaired) electrons. The Labute approximate surface area is 55.4 Å². The first-order valence-electron chi connectivity index (χ1n) is 3.61. The summed E-state index contributed by atoms with van der Waals surface area (Å²) in [5, 5.41) is 0. The van der Waals surface area contributed by atoms with Gasteiger partial charge >= 0.3 is 0 Å². The highest BCUT2D eigenvalue weighted by atomic mass is 19.1. The molecule has 0 amide bonds. The SMILES string of the molecule is C[C@@H]1CCC[C@@H](N)[C@@H]1F. The van der Waals surface area contributed by atoms with E-state index in [1.54, 1.807) is 0 Å². The van der Waals surface area contributed by atoms with E-state index in [1.807, 2.05) is 6.92 Å². The van der Waals surface area contributed by atoms with Gasteiger partial charge in [-0.05, 0) is 18.8 Å². The Morgan fingerprint density at radius 1 is 1.44 bits per heavy atom. The van der Waals surface area contributed by atoms with Crippen LogP contribution >= 0.6 is 0 Å². The molecule has 0 heterocycles. The average molecular weight is 131 g/mol. The summed E-state index contributed by atoms with van der Waals surface area (Å²) in [4.78, 5) is 0. The molecule has 54 valence electrons. The molecular weight excluding hydrogens is 117 g/mol. The van der Waals surface area contributed by atoms with E-state index in [9.17, 15) is 4.39 Å². The smallest absolute Gasteiger partial charge is 0.118 e. The third-order valence-corrected chi connectivity index (χ3v) is 2.15. The highest BCUT2D eigenvalue weighted by molar-refractivity contribution is 4.81. The summed E-state index contributed by atoms with van der Waals surface area (Å²) >= 11 is 0. The van der Waals surface area contributed by atoms with E-state index in [0.29, 0.717) is 0 Å². The largest absolute Gasteiger partial charge is 0.325 e. The van der Waals surface area contributed by atoms with E-state index >= 15 is 0 Å². The summed E-state index contributed by atoms with van der Waals surface area (Å²) in [6.07, 6.45) is 2.22. The molecule has 1 rings (SSSR count). The molecule has 0 aromatic carbocycles. The third kappa shape index (κ3) is 1.42. The second-order valence-corrected chi connectivity index (χ2v) is 3.02. The summed E-state index contributed by atoms with van der Waals surface area (Å²) < 4.78 is 12.8. The van der Waals surface area contributed by atoms with Crippen molar-refractivity contribution in [2.45, 2.75) is 38.4 Å². The molecule has 0 aromatic heterocycles. The summed E-state index contributed by atoms with van der Waals surface area (Å²) in [5.74, 6) is 0.189. The predicted molar refractivity (Wildman–Crippen MR) is 35.9 cm³/mol. The van der Waals surface area contributed by atoms with Gasteiger partial charge in [0.2, 0.25) is 0 Å². The second-order valence-electron chi connectivity index (χ2n) is 3.02. The minimum Gasteiger partial charge on any atom is -0.325 e. The van der Waals surface area contributed by atoms with E-state index < -0.39 is 6.17 Å². The molecule has 9 heavy (non-hydrogen) atoms. The summed E-state index contributed by atoms with van der Waals surface area (Å²) in [5.41, 5.74) is 5.49. The Morgan fingerprint density at radius 2 is 2.11 bits per heavy atom. The number of nitrogens with two attached hydrogens (primary N) is 1. The molecule has 0 aromatic rings. The van der Waals surface area contributed by atoms with Gasteiger partial charge in [-0.2, -0.15) is 0 Å². The van der Waals surface area contributed by atoms with Gasteiger partial charge in [0.15, 0.2) is 0 Å². The highest BCUT2D eigenvalue weighted by Crippen LogP contribution is 2.25. The minimum atomic E-state index is -0.751. The normalized spacial score (nSPS) is 45.0. The number of halogens is 1. The molecule has 1 aliphatic rings. The Kier molecular flexibility index (Phi) is 2.06. The van der Waals surface area contributed by atoms with Gasteiger partial charge in [0.05, 0.1) is 0 Å². The van der Waals surface area contributed by atoms with Gasteiger partial charge in [-0.15, -0.1) is 0 Å². The number of hydrogen-bond acceptors (Lipinski definition) is 1. The van der Waals surface area contributed by atoms with Crippen LogP contribution in [0.15, 0.2) is 0 Å². The Balaban J connectivity index is 2.41. The van der Waals surface area contributed by atoms with Gasteiger partial charge in [-0.25, -0.2) is 4.39 Å². The van der Waals surface area contributed by atoms with Crippen molar-refractivity contribution in [3.63, 3.8) is 0 Å². The second kappa shape index (κ2) is 2.65. The quantitative estimate of drug-likeness (QED) is 0.529. The zero-order chi connectivity index (χ0) is 6.85. The molecule has 0 unspecified atom stereocenters. The Bertz CT molecular complexity index is 84.9. The maximum absolute atomic E-state index is 12.8. The summed E-state index contributed by atoms with van der Waals surface area (Å²) in [6.45, 7) is 1.93. The topological polar surface area (TPSA) is 26.0 Å². The molecule has 0 aliphatic heterocycles. The van der Waals surface area contributed by atoms with Crippen molar-refractivity contribution >= 4 is 0 Å². The summed E-state index contributed by atoms with van der Waals surface area (Å²) in [6, 6.07) is -0.186. The lowest BCUT2D eigenvalue weighted by molar-refractivity contribution is 0.153. The molecule has 2 heteroatoms. The van der Waals surface area contributed by atoms with Crippen molar-refractivity contribution in [3.05, 3.63) is 0 Å². The number of alkyl halides is 1. The van der Waals surface area contributed by atoms with Crippen LogP contribution < -0.4 is 5.73 Å². The van der Waals surface area contributed by atoms with E-state index in [4.69, 9.17) is 5.73 Å². The van der Waals surface area contributed by atoms with Gasteiger partial charge in [0.25, 0.3) is 0 Å². The molecule has 0 saturated heterocycles. The first kappa shape index (κ1) is 7.00. The lowest BCUT2D eigenvalue weighted by atomic mass is 9.86. The van der Waals surface area contributed by atoms with E-state index in [2.05, 4.69) is 0 Å². The zero-order valence-electron chi connectivity index (χ0n) is 5.81. The van der Waals surface area contributed by atoms with E-state index in [0.717, 1.165) is 19.3 Å². The van der Waals surface area contributed by atoms with Gasteiger partial charge in [0, 0.05) is 6.04 Å². The van der Waals surface area contributed by atoms with Crippen molar-refractivity contribution in [3.8, 4) is 0 Å². The zero-order valence-corrected chi connectivity index (χ0v) is 5.81. The van der Waals surface area contributed by atoms with Crippen LogP contribution in [0.2, 0.25) is 0 Å². The maximum atomic E-state index is 12.8. The lowest BCUT2D eigenvalue weighted by Gasteiger charge is -2.27. The Hall–Kier alpha value is -0.110. The van der Waals surface area contributed by atoms with Crippen LogP contribution in [0.1, 0.15) is 26.2 Å². The van der Waals surface area contributed by atoms with Crippen LogP contribution in [0.4, 0.5) is 4.39 Å². The lowest BCUT2D eigenvalue weighted by Crippen LogP contribution is -2.39. The van der Waals surface area contributed by atoms with E-state index in [-0.39, 0.29) is 12.0 Å². The number of hydrogen-bond donors (Lipinski definition) is 1. The monoisotopic (exact) mass is 131 g/mol. The standard InChI is InChI=1S/C7H14FN/c1-5-3-2-4-6(9)7(5)8/h5-7H,2-4,9H2,1H3/t5-,6-,7-/m1/s1. The van der Waals surface area contributed by atoms with Crippen LogP contribution in [-0.2, 0) is 0 Å². The molecule has 1 nitrogen and oxygen atoms in total. The van der Waals surface area contributed by atoms with Crippen molar-refractivity contribution in [2.24, 2.45) is 11.7 Å². The van der Waals surface area contributed by atoms with Crippen LogP contribution in [0.5, 0.6) is 0 Å². The maximum Gasteiger partial charge on any atom is 0.118 e. The fourth-order valence-corrected chi connectivity index (χ4v) is 1.42. The molecular formula is C7H14FN. The predicted octanol–water partition coefficient (Wildman–Crippen LogP) is 1.47. The molecule has 1 aliphatic carbocycles. The van der Waals surface area contributed by atoms with Gasteiger partial charge in [-0.3, -0.25) is 0 Å².